The van der Waals surface area contributed by atoms with Crippen molar-refractivity contribution >= 4 is 5.57 Å². The van der Waals surface area contributed by atoms with E-state index in [1.165, 1.54) is 0 Å². The predicted molar refractivity (Wildman–Crippen MR) is 49.4 cm³/mol. The highest BCUT2D eigenvalue weighted by Crippen LogP contribution is 2.13. The van der Waals surface area contributed by atoms with Crippen LogP contribution in [0.4, 0.5) is 0 Å². The van der Waals surface area contributed by atoms with E-state index in [2.05, 4.69) is 10.3 Å². The fourth-order valence-corrected chi connectivity index (χ4v) is 1.15. The fraction of sp³-hybridized carbons (Fsp3) is 0.100. The molecule has 0 radical (unpaired) electrons. The molecule has 0 saturated carbocycles. The van der Waals surface area contributed by atoms with Gasteiger partial charge in [-0.2, -0.15) is 0 Å². The number of nitrogens with zero attached hydrogens (tertiary/aromatic N) is 1. The van der Waals surface area contributed by atoms with Crippen LogP contribution in [0.5, 0.6) is 0 Å². The largest absolute Gasteiger partial charge is 0.387 e. The smallest absolute Gasteiger partial charge is 0.0627 e. The summed E-state index contributed by atoms with van der Waals surface area (Å²) in [6.45, 7) is 0.722. The monoisotopic (exact) mass is 159 g/mol. The second-order valence-corrected chi connectivity index (χ2v) is 2.57. The maximum Gasteiger partial charge on any atom is 0.0627 e. The van der Waals surface area contributed by atoms with Crippen LogP contribution in [0.3, 0.4) is 0 Å². The Kier molecular flexibility index (Phi) is 1.61. The lowest BCUT2D eigenvalue weighted by molar-refractivity contribution is 0.985. The maximum absolute atomic E-state index is 7.70. The zero-order valence-electron chi connectivity index (χ0n) is 7.62. The molecule has 2 nitrogen and oxygen atoms in total. The Bertz CT molecular complexity index is 354. The summed E-state index contributed by atoms with van der Waals surface area (Å²) in [7, 11) is 0. The second-order valence-electron chi connectivity index (χ2n) is 2.57. The molecular weight excluding hydrogens is 148 g/mol. The van der Waals surface area contributed by atoms with Gasteiger partial charge in [-0.1, -0.05) is 6.05 Å². The third-order valence-corrected chi connectivity index (χ3v) is 1.77. The Balaban J connectivity index is 2.41. The molecule has 1 aromatic rings. The first-order valence-electron chi connectivity index (χ1n) is 4.38. The van der Waals surface area contributed by atoms with Gasteiger partial charge in [-0.05, 0) is 35.5 Å². The van der Waals surface area contributed by atoms with Gasteiger partial charge in [0, 0.05) is 18.9 Å². The average Bonchev–Trinajstić information content (AvgIpc) is 2.20. The van der Waals surface area contributed by atoms with Crippen molar-refractivity contribution in [2.24, 2.45) is 0 Å². The van der Waals surface area contributed by atoms with Crippen LogP contribution >= 0.6 is 0 Å². The minimum atomic E-state index is 0.574. The van der Waals surface area contributed by atoms with E-state index < -0.39 is 0 Å². The van der Waals surface area contributed by atoms with Gasteiger partial charge in [-0.25, -0.2) is 0 Å². The van der Waals surface area contributed by atoms with Crippen LogP contribution in [-0.4, -0.2) is 11.5 Å². The quantitative estimate of drug-likeness (QED) is 0.673. The summed E-state index contributed by atoms with van der Waals surface area (Å²) in [6, 6.07) is 4.42. The van der Waals surface area contributed by atoms with Crippen molar-refractivity contribution in [3.63, 3.8) is 0 Å². The van der Waals surface area contributed by atoms with E-state index in [0.29, 0.717) is 6.05 Å². The molecule has 0 aliphatic carbocycles. The molecule has 2 heterocycles. The van der Waals surface area contributed by atoms with Gasteiger partial charge < -0.3 is 5.32 Å². The molecule has 0 aromatic carbocycles. The van der Waals surface area contributed by atoms with E-state index in [1.54, 1.807) is 24.7 Å². The summed E-state index contributed by atoms with van der Waals surface area (Å²) in [5.74, 6) is 0. The van der Waals surface area contributed by atoms with Crippen LogP contribution in [-0.2, 0) is 0 Å². The van der Waals surface area contributed by atoms with Crippen molar-refractivity contribution in [3.8, 4) is 0 Å². The molecular formula is C10H10N2. The van der Waals surface area contributed by atoms with E-state index in [0.717, 1.165) is 17.7 Å². The van der Waals surface area contributed by atoms with Gasteiger partial charge >= 0.3 is 0 Å². The fourth-order valence-electron chi connectivity index (χ4n) is 1.15. The Morgan fingerprint density at radius 1 is 1.42 bits per heavy atom. The Morgan fingerprint density at radius 2 is 2.25 bits per heavy atom. The number of rotatable bonds is 1. The Labute approximate surface area is 73.0 Å². The highest BCUT2D eigenvalue weighted by molar-refractivity contribution is 5.68. The Hall–Kier alpha value is -1.57. The third kappa shape index (κ3) is 1.37. The topological polar surface area (TPSA) is 24.9 Å². The molecule has 0 amide bonds. The van der Waals surface area contributed by atoms with Crippen LogP contribution in [0.25, 0.3) is 5.57 Å². The molecule has 60 valence electrons. The summed E-state index contributed by atoms with van der Waals surface area (Å²) in [6.07, 6.45) is 7.05. The molecule has 0 unspecified atom stereocenters. The third-order valence-electron chi connectivity index (χ3n) is 1.77. The number of dihydropyridines is 1. The molecule has 0 saturated heterocycles. The van der Waals surface area contributed by atoms with E-state index in [9.17, 15) is 0 Å². The molecule has 1 aliphatic rings. The van der Waals surface area contributed by atoms with Gasteiger partial charge in [0.25, 0.3) is 0 Å². The summed E-state index contributed by atoms with van der Waals surface area (Å²) in [4.78, 5) is 3.94. The normalized spacial score (nSPS) is 17.2. The van der Waals surface area contributed by atoms with E-state index >= 15 is 0 Å². The van der Waals surface area contributed by atoms with Crippen molar-refractivity contribution < 1.29 is 1.37 Å². The molecule has 12 heavy (non-hydrogen) atoms. The van der Waals surface area contributed by atoms with Gasteiger partial charge in [0.05, 0.1) is 1.37 Å². The van der Waals surface area contributed by atoms with E-state index in [-0.39, 0.29) is 0 Å². The van der Waals surface area contributed by atoms with Gasteiger partial charge in [-0.3, -0.25) is 4.98 Å². The van der Waals surface area contributed by atoms with E-state index in [1.807, 2.05) is 12.1 Å². The molecule has 0 atom stereocenters. The number of hydrogen-bond acceptors (Lipinski definition) is 2. The zero-order valence-corrected chi connectivity index (χ0v) is 6.62. The van der Waals surface area contributed by atoms with Crippen molar-refractivity contribution in [2.45, 2.75) is 0 Å². The van der Waals surface area contributed by atoms with Gasteiger partial charge in [0.1, 0.15) is 0 Å². The summed E-state index contributed by atoms with van der Waals surface area (Å²) in [5.41, 5.74) is 2.08. The van der Waals surface area contributed by atoms with Gasteiger partial charge in [0.15, 0.2) is 0 Å². The summed E-state index contributed by atoms with van der Waals surface area (Å²) < 4.78 is 7.70. The van der Waals surface area contributed by atoms with Gasteiger partial charge in [0.2, 0.25) is 0 Å². The Morgan fingerprint density at radius 3 is 3.00 bits per heavy atom. The second kappa shape index (κ2) is 3.22. The molecule has 0 fully saturated rings. The lowest BCUT2D eigenvalue weighted by atomic mass is 10.1. The number of nitrogens with one attached hydrogen (secondary N) is 1. The van der Waals surface area contributed by atoms with Crippen LogP contribution in [0.2, 0.25) is 0 Å². The minimum absolute atomic E-state index is 0.574. The highest BCUT2D eigenvalue weighted by Gasteiger charge is 2.00. The zero-order chi connectivity index (χ0) is 9.10. The predicted octanol–water partition coefficient (Wildman–Crippen LogP) is 1.58. The highest BCUT2D eigenvalue weighted by atomic mass is 14.8. The first-order chi connectivity index (χ1) is 6.38. The molecule has 2 rings (SSSR count). The van der Waals surface area contributed by atoms with Crippen molar-refractivity contribution in [1.29, 1.82) is 0 Å². The standard InChI is InChI=1S/C10H10N2/c1-2-10(8-12-5-1)9-3-6-11-7-4-9/h1-7,12H,8H2/i2D. The van der Waals surface area contributed by atoms with E-state index in [4.69, 9.17) is 1.37 Å². The first kappa shape index (κ1) is 6.00. The summed E-state index contributed by atoms with van der Waals surface area (Å²) in [5, 5.41) is 3.08. The number of hydrogen-bond donors (Lipinski definition) is 1. The number of pyridine rings is 1. The van der Waals surface area contributed by atoms with Gasteiger partial charge in [-0.15, -0.1) is 0 Å². The summed E-state index contributed by atoms with van der Waals surface area (Å²) >= 11 is 0. The van der Waals surface area contributed by atoms with Crippen molar-refractivity contribution in [1.82, 2.24) is 10.3 Å². The van der Waals surface area contributed by atoms with Crippen LogP contribution in [0, 0.1) is 0 Å². The molecule has 1 aromatic heterocycles. The number of aromatic nitrogens is 1. The maximum atomic E-state index is 7.70. The van der Waals surface area contributed by atoms with Crippen molar-refractivity contribution in [2.75, 3.05) is 6.54 Å². The SMILES string of the molecule is [2H]C1=C(c2ccncc2)CNC=C1. The average molecular weight is 159 g/mol. The van der Waals surface area contributed by atoms with Crippen molar-refractivity contribution in [3.05, 3.63) is 48.4 Å². The van der Waals surface area contributed by atoms with Crippen LogP contribution in [0.1, 0.15) is 6.93 Å². The molecule has 2 heteroatoms. The number of allylic oxidation sites excluding steroid dienone is 2. The minimum Gasteiger partial charge on any atom is -0.387 e. The molecule has 1 aliphatic heterocycles. The molecule has 0 bridgehead atoms. The van der Waals surface area contributed by atoms with Crippen LogP contribution < -0.4 is 5.32 Å². The van der Waals surface area contributed by atoms with Crippen LogP contribution in [0.15, 0.2) is 42.9 Å². The molecule has 0 spiro atoms. The first-order valence-corrected chi connectivity index (χ1v) is 3.88. The molecule has 1 N–H and O–H groups in total. The lowest BCUT2D eigenvalue weighted by Crippen LogP contribution is -2.11. The lowest BCUT2D eigenvalue weighted by Gasteiger charge is -2.09.